The average Bonchev–Trinajstić information content (AvgIpc) is 3.15. The van der Waals surface area contributed by atoms with Crippen LogP contribution in [0.5, 0.6) is 0 Å². The predicted molar refractivity (Wildman–Crippen MR) is 74.4 cm³/mol. The van der Waals surface area contributed by atoms with E-state index in [1.165, 1.54) is 0 Å². The Morgan fingerprint density at radius 3 is 2.79 bits per heavy atom. The molecule has 0 atom stereocenters. The minimum absolute atomic E-state index is 0.0202. The van der Waals surface area contributed by atoms with Crippen LogP contribution in [0.15, 0.2) is 18.2 Å². The number of hydrogen-bond donors (Lipinski definition) is 1. The van der Waals surface area contributed by atoms with E-state index >= 15 is 0 Å². The molecule has 1 aromatic carbocycles. The second kappa shape index (κ2) is 4.85. The number of nitrogens with one attached hydrogen (secondary N) is 1. The fraction of sp³-hybridized carbons (Fsp3) is 0.429. The predicted octanol–water partition coefficient (Wildman–Crippen LogP) is 2.82. The number of carbonyl (C=O) groups excluding carboxylic acids is 2. The highest BCUT2D eigenvalue weighted by atomic mass is 35.5. The van der Waals surface area contributed by atoms with Gasteiger partial charge in [0.15, 0.2) is 0 Å². The van der Waals surface area contributed by atoms with E-state index in [4.69, 9.17) is 11.6 Å². The van der Waals surface area contributed by atoms with Crippen molar-refractivity contribution in [3.8, 4) is 0 Å². The Morgan fingerprint density at radius 2 is 2.16 bits per heavy atom. The van der Waals surface area contributed by atoms with Gasteiger partial charge in [0.1, 0.15) is 0 Å². The maximum Gasteiger partial charge on any atom is 0.227 e. The molecule has 1 saturated carbocycles. The summed E-state index contributed by atoms with van der Waals surface area (Å²) in [6.07, 6.45) is 3.37. The number of hydrogen-bond acceptors (Lipinski definition) is 2. The molecule has 2 amide bonds. The van der Waals surface area contributed by atoms with Gasteiger partial charge in [-0.2, -0.15) is 0 Å². The maximum atomic E-state index is 11.8. The zero-order valence-corrected chi connectivity index (χ0v) is 11.2. The van der Waals surface area contributed by atoms with Crippen LogP contribution in [0.4, 0.5) is 11.4 Å². The Morgan fingerprint density at radius 1 is 1.37 bits per heavy atom. The zero-order valence-electron chi connectivity index (χ0n) is 10.5. The first-order chi connectivity index (χ1) is 9.15. The highest BCUT2D eigenvalue weighted by molar-refractivity contribution is 6.34. The Bertz CT molecular complexity index is 540. The molecule has 100 valence electrons. The van der Waals surface area contributed by atoms with E-state index in [1.807, 2.05) is 6.07 Å². The fourth-order valence-electron chi connectivity index (χ4n) is 2.28. The third-order valence-corrected chi connectivity index (χ3v) is 3.87. The number of anilines is 2. The van der Waals surface area contributed by atoms with Crippen LogP contribution in [0.3, 0.4) is 0 Å². The topological polar surface area (TPSA) is 49.4 Å². The second-order valence-electron chi connectivity index (χ2n) is 5.08. The molecule has 0 spiro atoms. The van der Waals surface area contributed by atoms with Crippen molar-refractivity contribution in [3.63, 3.8) is 0 Å². The van der Waals surface area contributed by atoms with Gasteiger partial charge in [-0.1, -0.05) is 11.6 Å². The minimum atomic E-state index is 0.0202. The average molecular weight is 279 g/mol. The molecule has 1 aromatic rings. The van der Waals surface area contributed by atoms with Gasteiger partial charge in [-0.25, -0.2) is 0 Å². The van der Waals surface area contributed by atoms with Crippen LogP contribution in [-0.2, 0) is 9.59 Å². The van der Waals surface area contributed by atoms with Gasteiger partial charge in [-0.05, 0) is 37.5 Å². The lowest BCUT2D eigenvalue weighted by atomic mass is 10.2. The van der Waals surface area contributed by atoms with Crippen molar-refractivity contribution in [2.45, 2.75) is 25.7 Å². The first-order valence-corrected chi connectivity index (χ1v) is 6.94. The summed E-state index contributed by atoms with van der Waals surface area (Å²) < 4.78 is 0. The summed E-state index contributed by atoms with van der Waals surface area (Å²) in [7, 11) is 0. The molecule has 1 saturated heterocycles. The van der Waals surface area contributed by atoms with Gasteiger partial charge in [0.2, 0.25) is 11.8 Å². The molecule has 1 aliphatic heterocycles. The SMILES string of the molecule is O=C(Nc1cc(N2CCCC2=O)ccc1Cl)C1CC1. The number of benzene rings is 1. The molecular formula is C14H15ClN2O2. The van der Waals surface area contributed by atoms with Crippen molar-refractivity contribution < 1.29 is 9.59 Å². The molecule has 1 N–H and O–H groups in total. The van der Waals surface area contributed by atoms with Crippen LogP contribution in [0, 0.1) is 5.92 Å². The van der Waals surface area contributed by atoms with Crippen molar-refractivity contribution in [1.29, 1.82) is 0 Å². The normalized spacial score (nSPS) is 18.8. The van der Waals surface area contributed by atoms with Gasteiger partial charge in [-0.15, -0.1) is 0 Å². The standard InChI is InChI=1S/C14H15ClN2O2/c15-11-6-5-10(17-7-1-2-13(17)18)8-12(11)16-14(19)9-3-4-9/h5-6,8-9H,1-4,7H2,(H,16,19). The summed E-state index contributed by atoms with van der Waals surface area (Å²) in [5.41, 5.74) is 1.40. The van der Waals surface area contributed by atoms with Gasteiger partial charge in [-0.3, -0.25) is 9.59 Å². The molecule has 0 radical (unpaired) electrons. The van der Waals surface area contributed by atoms with E-state index < -0.39 is 0 Å². The van der Waals surface area contributed by atoms with Crippen molar-refractivity contribution in [2.24, 2.45) is 5.92 Å². The number of rotatable bonds is 3. The minimum Gasteiger partial charge on any atom is -0.324 e. The monoisotopic (exact) mass is 278 g/mol. The Labute approximate surface area is 116 Å². The van der Waals surface area contributed by atoms with Crippen LogP contribution in [0.2, 0.25) is 5.02 Å². The van der Waals surface area contributed by atoms with Crippen LogP contribution in [0.25, 0.3) is 0 Å². The number of halogens is 1. The van der Waals surface area contributed by atoms with E-state index in [9.17, 15) is 9.59 Å². The quantitative estimate of drug-likeness (QED) is 0.924. The van der Waals surface area contributed by atoms with Gasteiger partial charge in [0, 0.05) is 24.6 Å². The lowest BCUT2D eigenvalue weighted by Crippen LogP contribution is -2.24. The molecular weight excluding hydrogens is 264 g/mol. The van der Waals surface area contributed by atoms with Gasteiger partial charge >= 0.3 is 0 Å². The Hall–Kier alpha value is -1.55. The third kappa shape index (κ3) is 2.59. The van der Waals surface area contributed by atoms with Gasteiger partial charge < -0.3 is 10.2 Å². The van der Waals surface area contributed by atoms with E-state index in [1.54, 1.807) is 17.0 Å². The molecule has 0 unspecified atom stereocenters. The van der Waals surface area contributed by atoms with Gasteiger partial charge in [0.05, 0.1) is 10.7 Å². The molecule has 3 rings (SSSR count). The summed E-state index contributed by atoms with van der Waals surface area (Å²) in [6, 6.07) is 5.33. The van der Waals surface area contributed by atoms with Crippen molar-refractivity contribution in [2.75, 3.05) is 16.8 Å². The molecule has 2 aliphatic rings. The largest absolute Gasteiger partial charge is 0.324 e. The number of nitrogens with zero attached hydrogens (tertiary/aromatic N) is 1. The van der Waals surface area contributed by atoms with Crippen molar-refractivity contribution >= 4 is 34.8 Å². The lowest BCUT2D eigenvalue weighted by Gasteiger charge is -2.17. The summed E-state index contributed by atoms with van der Waals surface area (Å²) >= 11 is 6.09. The molecule has 4 nitrogen and oxygen atoms in total. The van der Waals surface area contributed by atoms with Crippen LogP contribution in [0.1, 0.15) is 25.7 Å². The maximum absolute atomic E-state index is 11.8. The molecule has 19 heavy (non-hydrogen) atoms. The Kier molecular flexibility index (Phi) is 3.19. The number of carbonyl (C=O) groups is 2. The van der Waals surface area contributed by atoms with E-state index in [-0.39, 0.29) is 17.7 Å². The molecule has 0 aromatic heterocycles. The highest BCUT2D eigenvalue weighted by Gasteiger charge is 2.30. The number of amides is 2. The van der Waals surface area contributed by atoms with Crippen molar-refractivity contribution in [3.05, 3.63) is 23.2 Å². The van der Waals surface area contributed by atoms with E-state index in [2.05, 4.69) is 5.32 Å². The fourth-order valence-corrected chi connectivity index (χ4v) is 2.44. The summed E-state index contributed by atoms with van der Waals surface area (Å²) in [5.74, 6) is 0.279. The molecule has 0 bridgehead atoms. The first-order valence-electron chi connectivity index (χ1n) is 6.56. The van der Waals surface area contributed by atoms with E-state index in [0.717, 1.165) is 31.5 Å². The second-order valence-corrected chi connectivity index (χ2v) is 5.48. The van der Waals surface area contributed by atoms with Crippen LogP contribution in [-0.4, -0.2) is 18.4 Å². The summed E-state index contributed by atoms with van der Waals surface area (Å²) in [5, 5.41) is 3.35. The molecule has 2 fully saturated rings. The van der Waals surface area contributed by atoms with Crippen LogP contribution >= 0.6 is 11.6 Å². The Balaban J connectivity index is 1.82. The smallest absolute Gasteiger partial charge is 0.227 e. The lowest BCUT2D eigenvalue weighted by molar-refractivity contribution is -0.117. The third-order valence-electron chi connectivity index (χ3n) is 3.54. The van der Waals surface area contributed by atoms with E-state index in [0.29, 0.717) is 17.1 Å². The van der Waals surface area contributed by atoms with Gasteiger partial charge in [0.25, 0.3) is 0 Å². The van der Waals surface area contributed by atoms with Crippen LogP contribution < -0.4 is 10.2 Å². The zero-order chi connectivity index (χ0) is 13.4. The molecule has 5 heteroatoms. The summed E-state index contributed by atoms with van der Waals surface area (Å²) in [6.45, 7) is 0.733. The first kappa shape index (κ1) is 12.5. The summed E-state index contributed by atoms with van der Waals surface area (Å²) in [4.78, 5) is 25.2. The highest BCUT2D eigenvalue weighted by Crippen LogP contribution is 2.33. The molecule has 1 aliphatic carbocycles. The van der Waals surface area contributed by atoms with Crippen molar-refractivity contribution in [1.82, 2.24) is 0 Å². The molecule has 1 heterocycles.